The third-order valence-corrected chi connectivity index (χ3v) is 17.9. The Morgan fingerprint density at radius 1 is 0.321 bits per heavy atom. The van der Waals surface area contributed by atoms with Crippen LogP contribution in [0, 0.1) is 0 Å². The molecule has 0 rings (SSSR count). The predicted molar refractivity (Wildman–Crippen MR) is 370 cm³/mol. The van der Waals surface area contributed by atoms with Crippen LogP contribution in [0.3, 0.4) is 0 Å². The zero-order valence-corrected chi connectivity index (χ0v) is 56.9. The van der Waals surface area contributed by atoms with Crippen LogP contribution in [0.1, 0.15) is 425 Å². The maximum atomic E-state index is 12.5. The molecule has 1 amide bonds. The van der Waals surface area contributed by atoms with E-state index in [4.69, 9.17) is 4.74 Å². The molecular weight excluding hydrogens is 1030 g/mol. The van der Waals surface area contributed by atoms with Gasteiger partial charge in [0.1, 0.15) is 0 Å². The van der Waals surface area contributed by atoms with Crippen molar-refractivity contribution >= 4 is 11.9 Å². The average molecular weight is 1180 g/mol. The fraction of sp³-hybridized carbons (Fsp3) is 0.897. The summed E-state index contributed by atoms with van der Waals surface area (Å²) in [7, 11) is 0. The first-order valence-electron chi connectivity index (χ1n) is 38.3. The van der Waals surface area contributed by atoms with E-state index in [0.717, 1.165) is 44.9 Å². The monoisotopic (exact) mass is 1180 g/mol. The molecule has 0 bridgehead atoms. The highest BCUT2D eigenvalue weighted by molar-refractivity contribution is 5.76. The van der Waals surface area contributed by atoms with Crippen molar-refractivity contribution in [1.29, 1.82) is 0 Å². The van der Waals surface area contributed by atoms with Crippen LogP contribution in [-0.4, -0.2) is 47.4 Å². The Bertz CT molecular complexity index is 1360. The number of carbonyl (C=O) groups excluding carboxylic acids is 2. The molecule has 0 aliphatic heterocycles. The topological polar surface area (TPSA) is 95.9 Å². The molecule has 84 heavy (non-hydrogen) atoms. The molecule has 0 aliphatic rings. The summed E-state index contributed by atoms with van der Waals surface area (Å²) in [6.45, 7) is 4.94. The van der Waals surface area contributed by atoms with Crippen molar-refractivity contribution in [1.82, 2.24) is 5.32 Å². The first-order chi connectivity index (χ1) is 41.5. The van der Waals surface area contributed by atoms with E-state index >= 15 is 0 Å². The number of aliphatic hydroxyl groups excluding tert-OH is 2. The standard InChI is InChI=1S/C78H149NO5/c1-3-5-7-9-11-13-15-17-19-21-39-42-46-50-54-58-62-66-70-76(81)75(74-80)79-77(82)71-67-63-59-55-51-47-43-40-36-34-32-30-28-26-24-22-23-25-27-29-31-33-35-37-41-45-49-53-57-61-65-69-73-84-78(83)72-68-64-60-56-52-48-44-38-20-18-16-14-12-10-8-6-4-2/h18,20,25,27,66,70,75-76,80-81H,3-17,19,21-24,26,28-65,67-69,71-74H2,1-2H3,(H,79,82)/b20-18-,27-25-,70-66+. The van der Waals surface area contributed by atoms with E-state index in [-0.39, 0.29) is 18.5 Å². The van der Waals surface area contributed by atoms with E-state index in [0.29, 0.717) is 19.4 Å². The van der Waals surface area contributed by atoms with Crippen molar-refractivity contribution in [3.05, 3.63) is 36.5 Å². The minimum atomic E-state index is -0.843. The second-order valence-electron chi connectivity index (χ2n) is 26.3. The molecule has 0 heterocycles. The number of unbranched alkanes of at least 4 members (excludes halogenated alkanes) is 57. The molecular formula is C78H149NO5. The van der Waals surface area contributed by atoms with Gasteiger partial charge in [0.2, 0.25) is 5.91 Å². The third-order valence-electron chi connectivity index (χ3n) is 17.9. The highest BCUT2D eigenvalue weighted by atomic mass is 16.5. The van der Waals surface area contributed by atoms with Crippen LogP contribution in [0.4, 0.5) is 0 Å². The third kappa shape index (κ3) is 69.2. The number of amides is 1. The molecule has 6 nitrogen and oxygen atoms in total. The van der Waals surface area contributed by atoms with Gasteiger partial charge in [-0.15, -0.1) is 0 Å². The molecule has 0 spiro atoms. The Morgan fingerprint density at radius 3 is 0.845 bits per heavy atom. The second-order valence-corrected chi connectivity index (χ2v) is 26.3. The average Bonchev–Trinajstić information content (AvgIpc) is 3.51. The zero-order chi connectivity index (χ0) is 60.6. The summed E-state index contributed by atoms with van der Waals surface area (Å²) < 4.78 is 5.51. The molecule has 2 atom stereocenters. The summed E-state index contributed by atoms with van der Waals surface area (Å²) in [6.07, 6.45) is 95.4. The smallest absolute Gasteiger partial charge is 0.305 e. The van der Waals surface area contributed by atoms with E-state index in [9.17, 15) is 19.8 Å². The molecule has 0 fully saturated rings. The first-order valence-corrected chi connectivity index (χ1v) is 38.3. The predicted octanol–water partition coefficient (Wildman–Crippen LogP) is 25.0. The van der Waals surface area contributed by atoms with E-state index in [1.807, 2.05) is 6.08 Å². The molecule has 0 radical (unpaired) electrons. The van der Waals surface area contributed by atoms with Crippen molar-refractivity contribution in [2.45, 2.75) is 437 Å². The number of ether oxygens (including phenoxy) is 1. The normalized spacial score (nSPS) is 12.7. The first kappa shape index (κ1) is 82.1. The molecule has 2 unspecified atom stereocenters. The van der Waals surface area contributed by atoms with Crippen molar-refractivity contribution in [3.8, 4) is 0 Å². The lowest BCUT2D eigenvalue weighted by atomic mass is 10.0. The Morgan fingerprint density at radius 2 is 0.560 bits per heavy atom. The minimum Gasteiger partial charge on any atom is -0.466 e. The molecule has 0 aliphatic carbocycles. The number of rotatable bonds is 72. The van der Waals surface area contributed by atoms with Gasteiger partial charge in [0.25, 0.3) is 0 Å². The van der Waals surface area contributed by atoms with Crippen molar-refractivity contribution in [2.75, 3.05) is 13.2 Å². The molecule has 3 N–H and O–H groups in total. The number of esters is 1. The molecule has 0 aromatic rings. The van der Waals surface area contributed by atoms with Crippen LogP contribution in [-0.2, 0) is 14.3 Å². The van der Waals surface area contributed by atoms with Gasteiger partial charge in [-0.25, -0.2) is 0 Å². The van der Waals surface area contributed by atoms with Gasteiger partial charge in [0.15, 0.2) is 0 Å². The molecule has 0 aromatic heterocycles. The summed E-state index contributed by atoms with van der Waals surface area (Å²) in [6, 6.07) is -0.627. The molecule has 496 valence electrons. The van der Waals surface area contributed by atoms with E-state index in [1.54, 1.807) is 6.08 Å². The van der Waals surface area contributed by atoms with E-state index in [1.165, 1.54) is 353 Å². The van der Waals surface area contributed by atoms with Gasteiger partial charge >= 0.3 is 5.97 Å². The van der Waals surface area contributed by atoms with Crippen LogP contribution < -0.4 is 5.32 Å². The Kier molecular flexibility index (Phi) is 71.9. The number of hydrogen-bond acceptors (Lipinski definition) is 5. The lowest BCUT2D eigenvalue weighted by Gasteiger charge is -2.20. The minimum absolute atomic E-state index is 0.0152. The summed E-state index contributed by atoms with van der Waals surface area (Å²) in [5, 5.41) is 23.2. The molecule has 0 saturated heterocycles. The second kappa shape index (κ2) is 73.5. The van der Waals surface area contributed by atoms with Gasteiger partial charge < -0.3 is 20.3 Å². The Balaban J connectivity index is 3.37. The Labute approximate surface area is 525 Å². The highest BCUT2D eigenvalue weighted by Gasteiger charge is 2.18. The lowest BCUT2D eigenvalue weighted by Crippen LogP contribution is -2.45. The Hall–Kier alpha value is -1.92. The van der Waals surface area contributed by atoms with Gasteiger partial charge in [0.05, 0.1) is 25.4 Å². The van der Waals surface area contributed by atoms with Gasteiger partial charge in [-0.3, -0.25) is 9.59 Å². The van der Waals surface area contributed by atoms with Gasteiger partial charge in [-0.2, -0.15) is 0 Å². The summed E-state index contributed by atoms with van der Waals surface area (Å²) >= 11 is 0. The molecule has 0 saturated carbocycles. The van der Waals surface area contributed by atoms with E-state index in [2.05, 4.69) is 43.5 Å². The number of allylic oxidation sites excluding steroid dienone is 5. The quantitative estimate of drug-likeness (QED) is 0.0320. The van der Waals surface area contributed by atoms with Crippen LogP contribution in [0.5, 0.6) is 0 Å². The van der Waals surface area contributed by atoms with Crippen LogP contribution in [0.2, 0.25) is 0 Å². The van der Waals surface area contributed by atoms with Gasteiger partial charge in [-0.1, -0.05) is 365 Å². The fourth-order valence-corrected chi connectivity index (χ4v) is 12.0. The van der Waals surface area contributed by atoms with Gasteiger partial charge in [0, 0.05) is 12.8 Å². The van der Waals surface area contributed by atoms with Crippen LogP contribution in [0.15, 0.2) is 36.5 Å². The van der Waals surface area contributed by atoms with Crippen LogP contribution in [0.25, 0.3) is 0 Å². The summed E-state index contributed by atoms with van der Waals surface area (Å²) in [5.41, 5.74) is 0. The molecule has 0 aromatic carbocycles. The SMILES string of the molecule is CCCCCCCC/C=C\CCCCCCCCCC(=O)OCCCCCCCCCCCCCC/C=C\CCCCCCCCCCCCCCCCCCC(=O)NC(CO)C(O)/C=C/CCCCCCCCCCCCCCCCCC. The van der Waals surface area contributed by atoms with E-state index < -0.39 is 12.1 Å². The highest BCUT2D eigenvalue weighted by Crippen LogP contribution is 2.19. The number of nitrogens with one attached hydrogen (secondary N) is 1. The van der Waals surface area contributed by atoms with Crippen LogP contribution >= 0.6 is 0 Å². The number of aliphatic hydroxyl groups is 2. The van der Waals surface area contributed by atoms with Crippen molar-refractivity contribution in [2.24, 2.45) is 0 Å². The summed E-state index contributed by atoms with van der Waals surface area (Å²) in [5.74, 6) is -0.0466. The summed E-state index contributed by atoms with van der Waals surface area (Å²) in [4.78, 5) is 24.6. The van der Waals surface area contributed by atoms with Crippen molar-refractivity contribution in [3.63, 3.8) is 0 Å². The largest absolute Gasteiger partial charge is 0.466 e. The van der Waals surface area contributed by atoms with Gasteiger partial charge in [-0.05, 0) is 83.5 Å². The number of carbonyl (C=O) groups is 2. The lowest BCUT2D eigenvalue weighted by molar-refractivity contribution is -0.143. The molecule has 6 heteroatoms. The maximum Gasteiger partial charge on any atom is 0.305 e. The van der Waals surface area contributed by atoms with Crippen molar-refractivity contribution < 1.29 is 24.5 Å². The maximum absolute atomic E-state index is 12.5. The fourth-order valence-electron chi connectivity index (χ4n) is 12.0. The zero-order valence-electron chi connectivity index (χ0n) is 56.9. The number of hydrogen-bond donors (Lipinski definition) is 3.